The summed E-state index contributed by atoms with van der Waals surface area (Å²) >= 11 is 0. The molecule has 64 heavy (non-hydrogen) atoms. The molecule has 0 aromatic heterocycles. The summed E-state index contributed by atoms with van der Waals surface area (Å²) < 4.78 is 36.1. The van der Waals surface area contributed by atoms with Gasteiger partial charge in [-0.3, -0.25) is 19.3 Å². The second-order valence-corrected chi connectivity index (χ2v) is 25.9. The maximum atomic E-state index is 14.1. The van der Waals surface area contributed by atoms with Crippen molar-refractivity contribution >= 4 is 32.1 Å². The fraction of sp³-hybridized carbons (Fsp3) is 0.792. The summed E-state index contributed by atoms with van der Waals surface area (Å²) in [6.07, 6.45) is 1.06. The zero-order valence-electron chi connectivity index (χ0n) is 42.2. The fourth-order valence-corrected chi connectivity index (χ4v) is 8.23. The SMILES string of the molecule is COCCCCOc1cc(OCCN2CCOCC2)ccc1C(=O)NCC(CC(NC(=O)OC(C)(C)C)C(CC(C(=O)NCC(C)(C)C(N)=O)C(C)C)O[Si](C)(C)C(C)(C)C)C(C)C. The van der Waals surface area contributed by atoms with Gasteiger partial charge in [0.25, 0.3) is 5.91 Å². The minimum atomic E-state index is -2.53. The van der Waals surface area contributed by atoms with Gasteiger partial charge < -0.3 is 49.8 Å². The molecule has 4 atom stereocenters. The van der Waals surface area contributed by atoms with Crippen LogP contribution in [0.5, 0.6) is 11.5 Å². The second kappa shape index (κ2) is 26.0. The fourth-order valence-electron chi connectivity index (χ4n) is 6.85. The van der Waals surface area contributed by atoms with Crippen LogP contribution in [0.4, 0.5) is 4.79 Å². The number of unbranched alkanes of at least 4 members (excludes halogenated alkanes) is 1. The largest absolute Gasteiger partial charge is 0.493 e. The smallest absolute Gasteiger partial charge is 0.407 e. The number of primary amides is 1. The predicted molar refractivity (Wildman–Crippen MR) is 255 cm³/mol. The molecule has 0 saturated carbocycles. The van der Waals surface area contributed by atoms with Crippen LogP contribution in [0.15, 0.2) is 18.2 Å². The Kier molecular flexibility index (Phi) is 23.1. The van der Waals surface area contributed by atoms with E-state index >= 15 is 0 Å². The number of carbonyl (C=O) groups is 4. The van der Waals surface area contributed by atoms with Crippen molar-refractivity contribution in [1.82, 2.24) is 20.9 Å². The topological polar surface area (TPSA) is 189 Å². The van der Waals surface area contributed by atoms with Gasteiger partial charge in [-0.15, -0.1) is 0 Å². The number of alkyl carbamates (subject to hydrolysis) is 1. The molecule has 16 heteroatoms. The first-order valence-corrected chi connectivity index (χ1v) is 26.3. The zero-order valence-corrected chi connectivity index (χ0v) is 43.2. The second-order valence-electron chi connectivity index (χ2n) is 21.2. The lowest BCUT2D eigenvalue weighted by atomic mass is 9.82. The summed E-state index contributed by atoms with van der Waals surface area (Å²) in [7, 11) is -0.860. The lowest BCUT2D eigenvalue weighted by Crippen LogP contribution is -2.55. The number of ether oxygens (including phenoxy) is 5. The Hall–Kier alpha value is -3.44. The van der Waals surface area contributed by atoms with Crippen LogP contribution >= 0.6 is 0 Å². The summed E-state index contributed by atoms with van der Waals surface area (Å²) in [5, 5.41) is 9.15. The molecular formula is C48H87N5O10Si. The molecule has 1 heterocycles. The molecule has 0 aliphatic carbocycles. The number of nitrogens with one attached hydrogen (secondary N) is 3. The van der Waals surface area contributed by atoms with E-state index in [-0.39, 0.29) is 54.1 Å². The normalized spacial score (nSPS) is 16.1. The van der Waals surface area contributed by atoms with E-state index in [1.165, 1.54) is 0 Å². The molecule has 1 aromatic rings. The third kappa shape index (κ3) is 20.0. The first kappa shape index (κ1) is 56.7. The summed E-state index contributed by atoms with van der Waals surface area (Å²) in [6, 6.07) is 4.71. The lowest BCUT2D eigenvalue weighted by molar-refractivity contribution is -0.130. The molecule has 4 amide bonds. The number of morpholine rings is 1. The maximum absolute atomic E-state index is 14.1. The highest BCUT2D eigenvalue weighted by Gasteiger charge is 2.43. The van der Waals surface area contributed by atoms with Crippen molar-refractivity contribution < 1.29 is 47.3 Å². The van der Waals surface area contributed by atoms with Crippen LogP contribution in [0.1, 0.15) is 119 Å². The molecule has 1 aliphatic rings. The Morgan fingerprint density at radius 3 is 2.06 bits per heavy atom. The molecule has 1 aromatic carbocycles. The van der Waals surface area contributed by atoms with Crippen LogP contribution in [0, 0.1) is 29.1 Å². The van der Waals surface area contributed by atoms with Gasteiger partial charge in [-0.05, 0) is 108 Å². The van der Waals surface area contributed by atoms with E-state index in [4.69, 9.17) is 33.8 Å². The first-order valence-electron chi connectivity index (χ1n) is 23.4. The average Bonchev–Trinajstić information content (AvgIpc) is 3.18. The van der Waals surface area contributed by atoms with Gasteiger partial charge in [0.05, 0.1) is 42.9 Å². The maximum Gasteiger partial charge on any atom is 0.407 e. The Morgan fingerprint density at radius 1 is 0.859 bits per heavy atom. The van der Waals surface area contributed by atoms with E-state index in [1.54, 1.807) is 39.2 Å². The van der Waals surface area contributed by atoms with Gasteiger partial charge in [-0.25, -0.2) is 4.79 Å². The monoisotopic (exact) mass is 922 g/mol. The third-order valence-electron chi connectivity index (χ3n) is 12.4. The van der Waals surface area contributed by atoms with E-state index in [0.29, 0.717) is 56.5 Å². The number of methoxy groups -OCH3 is 1. The van der Waals surface area contributed by atoms with Crippen molar-refractivity contribution in [1.29, 1.82) is 0 Å². The van der Waals surface area contributed by atoms with E-state index in [2.05, 4.69) is 68.6 Å². The van der Waals surface area contributed by atoms with Crippen molar-refractivity contribution in [3.63, 3.8) is 0 Å². The molecule has 15 nitrogen and oxygen atoms in total. The van der Waals surface area contributed by atoms with Crippen molar-refractivity contribution in [2.75, 3.05) is 72.9 Å². The number of hydrogen-bond acceptors (Lipinski definition) is 11. The number of benzene rings is 1. The number of amides is 4. The van der Waals surface area contributed by atoms with Crippen LogP contribution in [0.25, 0.3) is 0 Å². The third-order valence-corrected chi connectivity index (χ3v) is 16.9. The summed E-state index contributed by atoms with van der Waals surface area (Å²) in [6.45, 7) is 33.6. The molecule has 1 fully saturated rings. The molecule has 0 radical (unpaired) electrons. The van der Waals surface area contributed by atoms with Gasteiger partial charge in [0.1, 0.15) is 23.7 Å². The van der Waals surface area contributed by atoms with Gasteiger partial charge in [0, 0.05) is 58.4 Å². The molecule has 1 saturated heterocycles. The highest BCUT2D eigenvalue weighted by atomic mass is 28.4. The zero-order chi connectivity index (χ0) is 48.5. The van der Waals surface area contributed by atoms with Crippen molar-refractivity contribution in [3.8, 4) is 11.5 Å². The van der Waals surface area contributed by atoms with E-state index < -0.39 is 49.4 Å². The highest BCUT2D eigenvalue weighted by Crippen LogP contribution is 2.40. The van der Waals surface area contributed by atoms with Crippen LogP contribution in [-0.2, 0) is 28.2 Å². The Bertz CT molecular complexity index is 1600. The number of rotatable bonds is 27. The summed E-state index contributed by atoms with van der Waals surface area (Å²) in [4.78, 5) is 56.3. The first-order chi connectivity index (χ1) is 29.7. The molecule has 2 rings (SSSR count). The van der Waals surface area contributed by atoms with Crippen molar-refractivity contribution in [3.05, 3.63) is 23.8 Å². The van der Waals surface area contributed by atoms with Gasteiger partial charge in [0.15, 0.2) is 8.32 Å². The van der Waals surface area contributed by atoms with E-state index in [1.807, 2.05) is 34.6 Å². The van der Waals surface area contributed by atoms with Gasteiger partial charge in [0.2, 0.25) is 11.8 Å². The van der Waals surface area contributed by atoms with Gasteiger partial charge >= 0.3 is 6.09 Å². The van der Waals surface area contributed by atoms with Crippen LogP contribution < -0.4 is 31.2 Å². The summed E-state index contributed by atoms with van der Waals surface area (Å²) in [5.74, 6) is -0.686. The molecule has 0 bridgehead atoms. The van der Waals surface area contributed by atoms with Crippen molar-refractivity contribution in [2.45, 2.75) is 145 Å². The molecular weight excluding hydrogens is 835 g/mol. The molecule has 368 valence electrons. The van der Waals surface area contributed by atoms with E-state index in [0.717, 1.165) is 32.5 Å². The van der Waals surface area contributed by atoms with Crippen LogP contribution in [0.3, 0.4) is 0 Å². The quantitative estimate of drug-likeness (QED) is 0.0518. The van der Waals surface area contributed by atoms with Crippen LogP contribution in [0.2, 0.25) is 18.1 Å². The standard InChI is InChI=1S/C48H87N5O10Si/c1-33(2)35(31-50-42(54)37-19-18-36(29-40(37)61-24-17-16-23-58-13)60-27-22-53-20-25-59-26-21-53)28-39(52-45(57)62-46(5,6)7)41(63-64(14,15)47(8,9)10)30-38(34(3)4)43(55)51-32-48(11,12)44(49)56/h18-19,29,33-35,38-39,41H,16-17,20-28,30-32H2,1-15H3,(H2,49,56)(H,50,54)(H,51,55)(H,52,57). The predicted octanol–water partition coefficient (Wildman–Crippen LogP) is 7.17. The molecule has 0 spiro atoms. The minimum absolute atomic E-state index is 0.0655. The summed E-state index contributed by atoms with van der Waals surface area (Å²) in [5.41, 5.74) is 4.32. The molecule has 4 unspecified atom stereocenters. The number of carbonyl (C=O) groups excluding carboxylic acids is 4. The Labute approximate surface area is 386 Å². The Morgan fingerprint density at radius 2 is 1.50 bits per heavy atom. The van der Waals surface area contributed by atoms with Gasteiger partial charge in [-0.1, -0.05) is 48.5 Å². The number of hydrogen-bond donors (Lipinski definition) is 4. The van der Waals surface area contributed by atoms with E-state index in [9.17, 15) is 19.2 Å². The lowest BCUT2D eigenvalue weighted by Gasteiger charge is -2.43. The Balaban J connectivity index is 2.50. The minimum Gasteiger partial charge on any atom is -0.493 e. The van der Waals surface area contributed by atoms with Crippen LogP contribution in [-0.4, -0.2) is 128 Å². The molecule has 1 aliphatic heterocycles. The molecule has 5 N–H and O–H groups in total. The van der Waals surface area contributed by atoms with Gasteiger partial charge in [-0.2, -0.15) is 0 Å². The van der Waals surface area contributed by atoms with Crippen molar-refractivity contribution in [2.24, 2.45) is 34.8 Å². The highest BCUT2D eigenvalue weighted by molar-refractivity contribution is 6.74. The average molecular weight is 922 g/mol. The number of nitrogens with zero attached hydrogens (tertiary/aromatic N) is 1. The number of nitrogens with two attached hydrogens (primary N) is 1.